The summed E-state index contributed by atoms with van der Waals surface area (Å²) in [5, 5.41) is 0. The van der Waals surface area contributed by atoms with E-state index in [1.165, 1.54) is 0 Å². The molecule has 0 saturated carbocycles. The highest BCUT2D eigenvalue weighted by molar-refractivity contribution is 5.77. The second-order valence-electron chi connectivity index (χ2n) is 6.39. The fourth-order valence-electron chi connectivity index (χ4n) is 3.16. The Bertz CT molecular complexity index is 872. The van der Waals surface area contributed by atoms with Gasteiger partial charge in [0.05, 0.1) is 7.11 Å². The predicted octanol–water partition coefficient (Wildman–Crippen LogP) is 5.26. The van der Waals surface area contributed by atoms with Gasteiger partial charge < -0.3 is 9.47 Å². The van der Waals surface area contributed by atoms with E-state index < -0.39 is 0 Å². The molecule has 0 radical (unpaired) electrons. The van der Waals surface area contributed by atoms with Crippen LogP contribution in [0.25, 0.3) is 0 Å². The van der Waals surface area contributed by atoms with Crippen LogP contribution in [0, 0.1) is 0 Å². The Morgan fingerprint density at radius 2 is 1.52 bits per heavy atom. The molecule has 138 valence electrons. The molecule has 0 fully saturated rings. The van der Waals surface area contributed by atoms with Gasteiger partial charge in [0.25, 0.3) is 0 Å². The van der Waals surface area contributed by atoms with Gasteiger partial charge in [-0.15, -0.1) is 0 Å². The van der Waals surface area contributed by atoms with E-state index in [1.807, 2.05) is 66.7 Å². The zero-order valence-electron chi connectivity index (χ0n) is 15.6. The Morgan fingerprint density at radius 3 is 2.30 bits per heavy atom. The van der Waals surface area contributed by atoms with E-state index in [1.54, 1.807) is 7.11 Å². The van der Waals surface area contributed by atoms with Crippen LogP contribution in [0.15, 0.2) is 72.8 Å². The predicted molar refractivity (Wildman–Crippen MR) is 108 cm³/mol. The maximum Gasteiger partial charge on any atom is 0.164 e. The molecule has 3 nitrogen and oxygen atoms in total. The molecule has 3 heteroatoms. The summed E-state index contributed by atoms with van der Waals surface area (Å²) in [5.74, 6) is 1.55. The monoisotopic (exact) mass is 360 g/mol. The van der Waals surface area contributed by atoms with Gasteiger partial charge in [0.2, 0.25) is 0 Å². The topological polar surface area (TPSA) is 35.5 Å². The van der Waals surface area contributed by atoms with Gasteiger partial charge in [-0.05, 0) is 42.0 Å². The Hall–Kier alpha value is -3.07. The van der Waals surface area contributed by atoms with Crippen LogP contribution < -0.4 is 9.47 Å². The molecule has 0 aliphatic rings. The largest absolute Gasteiger partial charge is 0.493 e. The summed E-state index contributed by atoms with van der Waals surface area (Å²) >= 11 is 0. The van der Waals surface area contributed by atoms with Crippen molar-refractivity contribution in [3.05, 3.63) is 95.1 Å². The van der Waals surface area contributed by atoms with Gasteiger partial charge in [0.15, 0.2) is 11.5 Å². The highest BCUT2D eigenvalue weighted by Gasteiger charge is 2.11. The standard InChI is InChI=1S/C24H24O3/c1-26-23-16-8-15-21(24(23)27-18-19-9-3-2-4-10-19)14-7-13-20-11-5-6-12-22(20)17-25/h2-6,8-12,15-17H,7,13-14,18H2,1H3. The first kappa shape index (κ1) is 18.7. The van der Waals surface area contributed by atoms with Crippen LogP contribution in [0.1, 0.15) is 33.5 Å². The SMILES string of the molecule is COc1cccc(CCCc2ccccc2C=O)c1OCc1ccccc1. The lowest BCUT2D eigenvalue weighted by atomic mass is 10.00. The van der Waals surface area contributed by atoms with Gasteiger partial charge in [0, 0.05) is 5.56 Å². The van der Waals surface area contributed by atoms with E-state index in [4.69, 9.17) is 9.47 Å². The lowest BCUT2D eigenvalue weighted by Gasteiger charge is -2.15. The molecule has 3 aromatic carbocycles. The molecule has 0 saturated heterocycles. The zero-order valence-corrected chi connectivity index (χ0v) is 15.6. The van der Waals surface area contributed by atoms with Crippen molar-refractivity contribution in [2.75, 3.05) is 7.11 Å². The first-order chi connectivity index (χ1) is 13.3. The molecule has 0 N–H and O–H groups in total. The van der Waals surface area contributed by atoms with E-state index in [0.29, 0.717) is 6.61 Å². The molecule has 0 aliphatic heterocycles. The zero-order chi connectivity index (χ0) is 18.9. The normalized spacial score (nSPS) is 10.4. The minimum absolute atomic E-state index is 0.502. The van der Waals surface area contributed by atoms with E-state index in [0.717, 1.165) is 59.3 Å². The molecule has 0 bridgehead atoms. The number of para-hydroxylation sites is 1. The maximum atomic E-state index is 11.2. The highest BCUT2D eigenvalue weighted by Crippen LogP contribution is 2.33. The average Bonchev–Trinajstić information content (AvgIpc) is 2.73. The van der Waals surface area contributed by atoms with E-state index in [9.17, 15) is 4.79 Å². The third-order valence-electron chi connectivity index (χ3n) is 4.58. The minimum Gasteiger partial charge on any atom is -0.493 e. The van der Waals surface area contributed by atoms with Gasteiger partial charge >= 0.3 is 0 Å². The van der Waals surface area contributed by atoms with Crippen molar-refractivity contribution in [1.82, 2.24) is 0 Å². The van der Waals surface area contributed by atoms with E-state index in [2.05, 4.69) is 6.07 Å². The van der Waals surface area contributed by atoms with Crippen molar-refractivity contribution in [3.63, 3.8) is 0 Å². The third kappa shape index (κ3) is 4.98. The van der Waals surface area contributed by atoms with Gasteiger partial charge in [0.1, 0.15) is 12.9 Å². The van der Waals surface area contributed by atoms with Crippen molar-refractivity contribution < 1.29 is 14.3 Å². The first-order valence-electron chi connectivity index (χ1n) is 9.17. The van der Waals surface area contributed by atoms with Crippen molar-refractivity contribution in [2.24, 2.45) is 0 Å². The van der Waals surface area contributed by atoms with E-state index in [-0.39, 0.29) is 0 Å². The Kier molecular flexibility index (Phi) is 6.64. The minimum atomic E-state index is 0.502. The number of rotatable bonds is 9. The van der Waals surface area contributed by atoms with Crippen LogP contribution in [0.2, 0.25) is 0 Å². The van der Waals surface area contributed by atoms with Crippen molar-refractivity contribution in [2.45, 2.75) is 25.9 Å². The van der Waals surface area contributed by atoms with Gasteiger partial charge in [-0.3, -0.25) is 4.79 Å². The number of benzene rings is 3. The molecule has 3 aromatic rings. The van der Waals surface area contributed by atoms with Crippen LogP contribution in [0.5, 0.6) is 11.5 Å². The molecule has 0 unspecified atom stereocenters. The molecule has 3 rings (SSSR count). The van der Waals surface area contributed by atoms with Crippen molar-refractivity contribution >= 4 is 6.29 Å². The summed E-state index contributed by atoms with van der Waals surface area (Å²) in [5.41, 5.74) is 4.09. The summed E-state index contributed by atoms with van der Waals surface area (Å²) in [6.45, 7) is 0.502. The molecule has 0 spiro atoms. The maximum absolute atomic E-state index is 11.2. The number of hydrogen-bond acceptors (Lipinski definition) is 3. The Morgan fingerprint density at radius 1 is 0.815 bits per heavy atom. The molecule has 0 atom stereocenters. The van der Waals surface area contributed by atoms with Crippen molar-refractivity contribution in [1.29, 1.82) is 0 Å². The molecule has 0 aliphatic carbocycles. The molecular weight excluding hydrogens is 336 g/mol. The highest BCUT2D eigenvalue weighted by atomic mass is 16.5. The number of aldehydes is 1. The van der Waals surface area contributed by atoms with Crippen LogP contribution in [-0.4, -0.2) is 13.4 Å². The lowest BCUT2D eigenvalue weighted by Crippen LogP contribution is -2.02. The number of ether oxygens (including phenoxy) is 2. The molecular formula is C24H24O3. The van der Waals surface area contributed by atoms with Gasteiger partial charge in [-0.25, -0.2) is 0 Å². The molecule has 27 heavy (non-hydrogen) atoms. The van der Waals surface area contributed by atoms with Gasteiger partial charge in [-0.2, -0.15) is 0 Å². The summed E-state index contributed by atoms with van der Waals surface area (Å²) in [4.78, 5) is 11.2. The number of carbonyl (C=O) groups is 1. The van der Waals surface area contributed by atoms with Gasteiger partial charge in [-0.1, -0.05) is 66.7 Å². The number of methoxy groups -OCH3 is 1. The van der Waals surface area contributed by atoms with Crippen molar-refractivity contribution in [3.8, 4) is 11.5 Å². The smallest absolute Gasteiger partial charge is 0.164 e. The number of aryl methyl sites for hydroxylation is 2. The quantitative estimate of drug-likeness (QED) is 0.488. The second-order valence-corrected chi connectivity index (χ2v) is 6.39. The summed E-state index contributed by atoms with van der Waals surface area (Å²) in [6.07, 6.45) is 3.56. The first-order valence-corrected chi connectivity index (χ1v) is 9.17. The Labute approximate surface area is 160 Å². The summed E-state index contributed by atoms with van der Waals surface area (Å²) in [6, 6.07) is 23.8. The molecule has 0 amide bonds. The van der Waals surface area contributed by atoms with E-state index >= 15 is 0 Å². The third-order valence-corrected chi connectivity index (χ3v) is 4.58. The van der Waals surface area contributed by atoms with Crippen LogP contribution in [0.3, 0.4) is 0 Å². The molecule has 0 aromatic heterocycles. The van der Waals surface area contributed by atoms with Crippen LogP contribution in [-0.2, 0) is 19.4 Å². The lowest BCUT2D eigenvalue weighted by molar-refractivity contribution is 0.112. The summed E-state index contributed by atoms with van der Waals surface area (Å²) < 4.78 is 11.6. The van der Waals surface area contributed by atoms with Crippen LogP contribution >= 0.6 is 0 Å². The fourth-order valence-corrected chi connectivity index (χ4v) is 3.16. The number of carbonyl (C=O) groups excluding carboxylic acids is 1. The summed E-state index contributed by atoms with van der Waals surface area (Å²) in [7, 11) is 1.66. The average molecular weight is 360 g/mol. The van der Waals surface area contributed by atoms with Crippen LogP contribution in [0.4, 0.5) is 0 Å². The molecule has 0 heterocycles. The number of hydrogen-bond donors (Lipinski definition) is 0. The Balaban J connectivity index is 1.70. The second kappa shape index (κ2) is 9.58. The fraction of sp³-hybridized carbons (Fsp3) is 0.208.